The zero-order valence-corrected chi connectivity index (χ0v) is 13.0. The molecule has 0 heterocycles. The first-order valence-electron chi connectivity index (χ1n) is 5.19. The van der Waals surface area contributed by atoms with Gasteiger partial charge in [-0.05, 0) is 39.0 Å². The lowest BCUT2D eigenvalue weighted by Crippen LogP contribution is -2.33. The summed E-state index contributed by atoms with van der Waals surface area (Å²) in [6.07, 6.45) is 0. The molecule has 0 aromatic heterocycles. The Hall–Kier alpha value is -0.830. The molecule has 0 aliphatic carbocycles. The molecule has 9 heteroatoms. The maximum absolute atomic E-state index is 11.9. The lowest BCUT2D eigenvalue weighted by Gasteiger charge is -2.20. The summed E-state index contributed by atoms with van der Waals surface area (Å²) in [5, 5.41) is 4.81. The minimum atomic E-state index is -3.93. The second-order valence-electron chi connectivity index (χ2n) is 4.91. The van der Waals surface area contributed by atoms with Gasteiger partial charge in [0, 0.05) is 0 Å². The van der Waals surface area contributed by atoms with Crippen LogP contribution < -0.4 is 9.86 Å². The second-order valence-corrected chi connectivity index (χ2v) is 9.28. The number of hydrogen-bond acceptors (Lipinski definition) is 4. The Morgan fingerprint density at radius 1 is 1.16 bits per heavy atom. The van der Waals surface area contributed by atoms with Gasteiger partial charge in [-0.1, -0.05) is 11.6 Å². The van der Waals surface area contributed by atoms with Crippen molar-refractivity contribution in [2.24, 2.45) is 5.14 Å². The molecule has 0 aliphatic heterocycles. The maximum Gasteiger partial charge on any atom is 0.239 e. The molecule has 1 aromatic carbocycles. The van der Waals surface area contributed by atoms with Crippen LogP contribution in [0.3, 0.4) is 0 Å². The molecular weight excluding hydrogens is 312 g/mol. The highest BCUT2D eigenvalue weighted by atomic mass is 35.5. The predicted octanol–water partition coefficient (Wildman–Crippen LogP) is 1.53. The number of sulfonamides is 2. The average molecular weight is 327 g/mol. The topological polar surface area (TPSA) is 106 Å². The fourth-order valence-electron chi connectivity index (χ4n) is 1.10. The number of rotatable bonds is 3. The number of halogens is 1. The SMILES string of the molecule is CC(C)(C)S(=O)(=O)Nc1ccc(S(N)(=O)=O)c(Cl)c1. The average Bonchev–Trinajstić information content (AvgIpc) is 2.12. The highest BCUT2D eigenvalue weighted by molar-refractivity contribution is 7.94. The van der Waals surface area contributed by atoms with Crippen molar-refractivity contribution in [3.63, 3.8) is 0 Å². The summed E-state index contributed by atoms with van der Waals surface area (Å²) in [5.74, 6) is 0. The van der Waals surface area contributed by atoms with Crippen LogP contribution in [0.5, 0.6) is 0 Å². The Labute approximate surface area is 118 Å². The monoisotopic (exact) mass is 326 g/mol. The van der Waals surface area contributed by atoms with Crippen molar-refractivity contribution in [3.8, 4) is 0 Å². The van der Waals surface area contributed by atoms with Gasteiger partial charge in [0.05, 0.1) is 15.5 Å². The van der Waals surface area contributed by atoms with Gasteiger partial charge in [0.1, 0.15) is 4.90 Å². The molecule has 1 rings (SSSR count). The Morgan fingerprint density at radius 2 is 1.68 bits per heavy atom. The molecule has 0 saturated carbocycles. The molecule has 0 aliphatic rings. The van der Waals surface area contributed by atoms with Crippen molar-refractivity contribution in [3.05, 3.63) is 23.2 Å². The van der Waals surface area contributed by atoms with Gasteiger partial charge < -0.3 is 0 Å². The van der Waals surface area contributed by atoms with Crippen molar-refractivity contribution in [2.75, 3.05) is 4.72 Å². The summed E-state index contributed by atoms with van der Waals surface area (Å²) >= 11 is 5.76. The summed E-state index contributed by atoms with van der Waals surface area (Å²) < 4.78 is 47.5. The number of nitrogens with two attached hydrogens (primary N) is 1. The van der Waals surface area contributed by atoms with Gasteiger partial charge in [0.25, 0.3) is 0 Å². The van der Waals surface area contributed by atoms with Crippen molar-refractivity contribution >= 4 is 37.3 Å². The Bertz CT molecular complexity index is 691. The Kier molecular flexibility index (Phi) is 4.21. The van der Waals surface area contributed by atoms with E-state index in [4.69, 9.17) is 16.7 Å². The van der Waals surface area contributed by atoms with Crippen molar-refractivity contribution in [1.82, 2.24) is 0 Å². The zero-order chi connectivity index (χ0) is 15.1. The molecule has 0 saturated heterocycles. The van der Waals surface area contributed by atoms with Crippen LogP contribution in [0, 0.1) is 0 Å². The molecule has 0 spiro atoms. The molecule has 19 heavy (non-hydrogen) atoms. The van der Waals surface area contributed by atoms with Crippen molar-refractivity contribution in [2.45, 2.75) is 30.4 Å². The van der Waals surface area contributed by atoms with Crippen LogP contribution in [0.25, 0.3) is 0 Å². The number of anilines is 1. The van der Waals surface area contributed by atoms with Gasteiger partial charge in [-0.2, -0.15) is 0 Å². The lowest BCUT2D eigenvalue weighted by molar-refractivity contribution is 0.566. The lowest BCUT2D eigenvalue weighted by atomic mass is 10.3. The quantitative estimate of drug-likeness (QED) is 0.878. The minimum absolute atomic E-state index is 0.142. The molecule has 0 radical (unpaired) electrons. The Morgan fingerprint density at radius 3 is 2.05 bits per heavy atom. The predicted molar refractivity (Wildman–Crippen MR) is 75.1 cm³/mol. The molecule has 0 atom stereocenters. The van der Waals surface area contributed by atoms with Crippen LogP contribution in [0.2, 0.25) is 5.02 Å². The van der Waals surface area contributed by atoms with E-state index in [1.54, 1.807) is 0 Å². The first-order valence-corrected chi connectivity index (χ1v) is 8.60. The summed E-state index contributed by atoms with van der Waals surface area (Å²) in [7, 11) is -7.54. The third-order valence-electron chi connectivity index (χ3n) is 2.30. The van der Waals surface area contributed by atoms with Crippen LogP contribution in [-0.2, 0) is 20.0 Å². The van der Waals surface area contributed by atoms with E-state index in [2.05, 4.69) is 4.72 Å². The molecule has 0 amide bonds. The van der Waals surface area contributed by atoms with E-state index in [1.165, 1.54) is 32.9 Å². The highest BCUT2D eigenvalue weighted by Crippen LogP contribution is 2.26. The summed E-state index contributed by atoms with van der Waals surface area (Å²) in [4.78, 5) is -0.257. The normalized spacial score (nSPS) is 13.3. The molecule has 6 nitrogen and oxygen atoms in total. The summed E-state index contributed by atoms with van der Waals surface area (Å²) in [5.41, 5.74) is 0.173. The van der Waals surface area contributed by atoms with Crippen LogP contribution >= 0.6 is 11.6 Å². The van der Waals surface area contributed by atoms with Crippen LogP contribution in [0.1, 0.15) is 20.8 Å². The van der Waals surface area contributed by atoms with Gasteiger partial charge in [0.15, 0.2) is 0 Å². The summed E-state index contributed by atoms with van der Waals surface area (Å²) in [6, 6.07) is 3.64. The molecule has 0 unspecified atom stereocenters. The first kappa shape index (κ1) is 16.2. The van der Waals surface area contributed by atoms with E-state index in [-0.39, 0.29) is 15.6 Å². The number of hydrogen-bond donors (Lipinski definition) is 2. The molecule has 0 fully saturated rings. The van der Waals surface area contributed by atoms with E-state index >= 15 is 0 Å². The van der Waals surface area contributed by atoms with Crippen molar-refractivity contribution < 1.29 is 16.8 Å². The van der Waals surface area contributed by atoms with E-state index in [0.29, 0.717) is 0 Å². The minimum Gasteiger partial charge on any atom is -0.283 e. The standard InChI is InChI=1S/C10H15ClN2O4S2/c1-10(2,3)19(16,17)13-7-4-5-9(8(11)6-7)18(12,14)15/h4-6,13H,1-3H3,(H2,12,14,15). The van der Waals surface area contributed by atoms with E-state index in [9.17, 15) is 16.8 Å². The fraction of sp³-hybridized carbons (Fsp3) is 0.400. The smallest absolute Gasteiger partial charge is 0.239 e. The number of nitrogens with one attached hydrogen (secondary N) is 1. The van der Waals surface area contributed by atoms with Gasteiger partial charge >= 0.3 is 0 Å². The van der Waals surface area contributed by atoms with Gasteiger partial charge in [-0.3, -0.25) is 4.72 Å². The van der Waals surface area contributed by atoms with E-state index in [1.807, 2.05) is 0 Å². The van der Waals surface area contributed by atoms with Crippen LogP contribution in [0.15, 0.2) is 23.1 Å². The first-order chi connectivity index (χ1) is 8.34. The van der Waals surface area contributed by atoms with Gasteiger partial charge in [0.2, 0.25) is 20.0 Å². The largest absolute Gasteiger partial charge is 0.283 e. The molecule has 1 aromatic rings. The van der Waals surface area contributed by atoms with Gasteiger partial charge in [-0.25, -0.2) is 22.0 Å². The third kappa shape index (κ3) is 3.82. The van der Waals surface area contributed by atoms with E-state index in [0.717, 1.165) is 6.07 Å². The second kappa shape index (κ2) is 4.93. The maximum atomic E-state index is 11.9. The van der Waals surface area contributed by atoms with Crippen LogP contribution in [-0.4, -0.2) is 21.6 Å². The number of primary sulfonamides is 1. The highest BCUT2D eigenvalue weighted by Gasteiger charge is 2.29. The molecule has 3 N–H and O–H groups in total. The molecule has 0 bridgehead atoms. The Balaban J connectivity index is 3.19. The fourth-order valence-corrected chi connectivity index (χ4v) is 2.94. The summed E-state index contributed by atoms with van der Waals surface area (Å²) in [6.45, 7) is 4.61. The van der Waals surface area contributed by atoms with E-state index < -0.39 is 24.8 Å². The van der Waals surface area contributed by atoms with Crippen LogP contribution in [0.4, 0.5) is 5.69 Å². The molecular formula is C10H15ClN2O4S2. The zero-order valence-electron chi connectivity index (χ0n) is 10.6. The third-order valence-corrected chi connectivity index (χ3v) is 5.81. The molecule has 108 valence electrons. The number of benzene rings is 1. The van der Waals surface area contributed by atoms with Gasteiger partial charge in [-0.15, -0.1) is 0 Å². The van der Waals surface area contributed by atoms with Crippen molar-refractivity contribution in [1.29, 1.82) is 0 Å².